The average Bonchev–Trinajstić information content (AvgIpc) is 2.77. The van der Waals surface area contributed by atoms with Crippen LogP contribution in [0.5, 0.6) is 0 Å². The van der Waals surface area contributed by atoms with E-state index in [0.717, 1.165) is 5.56 Å². The van der Waals surface area contributed by atoms with Crippen molar-refractivity contribution < 1.29 is 14.1 Å². The predicted octanol–water partition coefficient (Wildman–Crippen LogP) is 1.26. The maximum Gasteiger partial charge on any atom is 0.353 e. The van der Waals surface area contributed by atoms with E-state index in [4.69, 9.17) is 0 Å². The first-order chi connectivity index (χ1) is 7.66. The Kier molecular flexibility index (Phi) is 1.64. The molecule has 3 rings (SSSR count). The summed E-state index contributed by atoms with van der Waals surface area (Å²) in [5.41, 5.74) is 0.101. The number of carbonyl (C=O) groups excluding carboxylic acids is 2. The highest BCUT2D eigenvalue weighted by Gasteiger charge is 2.58. The minimum atomic E-state index is -1.42. The van der Waals surface area contributed by atoms with Crippen molar-refractivity contribution in [3.05, 3.63) is 35.4 Å². The van der Waals surface area contributed by atoms with Crippen molar-refractivity contribution in [1.82, 2.24) is 10.4 Å². The molecule has 4 nitrogen and oxygen atoms in total. The molecule has 0 saturated carbocycles. The molecular formula is C11H9FN2O2. The molecule has 3 amide bonds. The summed E-state index contributed by atoms with van der Waals surface area (Å²) in [6.45, 7) is 0. The summed E-state index contributed by atoms with van der Waals surface area (Å²) in [6, 6.07) is 6.17. The van der Waals surface area contributed by atoms with E-state index >= 15 is 0 Å². The molecule has 16 heavy (non-hydrogen) atoms. The first-order valence-corrected chi connectivity index (χ1v) is 5.06. The van der Waals surface area contributed by atoms with Crippen molar-refractivity contribution in [2.75, 3.05) is 0 Å². The molecule has 82 valence electrons. The Morgan fingerprint density at radius 3 is 2.75 bits per heavy atom. The van der Waals surface area contributed by atoms with Crippen LogP contribution in [0, 0.1) is 0 Å². The highest BCUT2D eigenvalue weighted by molar-refractivity contribution is 6.07. The molecule has 1 saturated heterocycles. The van der Waals surface area contributed by atoms with Gasteiger partial charge < -0.3 is 0 Å². The van der Waals surface area contributed by atoms with Gasteiger partial charge in [-0.3, -0.25) is 10.1 Å². The molecule has 1 unspecified atom stereocenters. The molecule has 1 spiro atoms. The fourth-order valence-electron chi connectivity index (χ4n) is 2.54. The summed E-state index contributed by atoms with van der Waals surface area (Å²) >= 11 is 0. The third kappa shape index (κ3) is 0.881. The first kappa shape index (κ1) is 9.33. The molecule has 0 radical (unpaired) electrons. The Hall–Kier alpha value is -1.91. The molecule has 0 aromatic heterocycles. The van der Waals surface area contributed by atoms with Gasteiger partial charge in [0, 0.05) is 0 Å². The van der Waals surface area contributed by atoms with Crippen LogP contribution in [0.25, 0.3) is 0 Å². The Balaban J connectivity index is 2.21. The van der Waals surface area contributed by atoms with Crippen LogP contribution < -0.4 is 5.32 Å². The summed E-state index contributed by atoms with van der Waals surface area (Å²) < 4.78 is 13.8. The molecule has 5 heteroatoms. The topological polar surface area (TPSA) is 49.4 Å². The molecule has 1 fully saturated rings. The number of rotatable bonds is 0. The Morgan fingerprint density at radius 1 is 1.31 bits per heavy atom. The van der Waals surface area contributed by atoms with Gasteiger partial charge in [0.1, 0.15) is 0 Å². The molecule has 1 aromatic carbocycles. The van der Waals surface area contributed by atoms with E-state index < -0.39 is 17.5 Å². The highest BCUT2D eigenvalue weighted by Crippen LogP contribution is 2.44. The van der Waals surface area contributed by atoms with Gasteiger partial charge in [0.2, 0.25) is 0 Å². The number of aryl methyl sites for hydroxylation is 1. The molecule has 1 heterocycles. The van der Waals surface area contributed by atoms with Gasteiger partial charge >= 0.3 is 6.03 Å². The van der Waals surface area contributed by atoms with Crippen LogP contribution >= 0.6 is 0 Å². The summed E-state index contributed by atoms with van der Waals surface area (Å²) in [5.74, 6) is -0.565. The lowest BCUT2D eigenvalue weighted by atomic mass is 9.92. The van der Waals surface area contributed by atoms with E-state index in [1.165, 1.54) is 0 Å². The van der Waals surface area contributed by atoms with Crippen LogP contribution in [0.15, 0.2) is 24.3 Å². The van der Waals surface area contributed by atoms with E-state index in [1.54, 1.807) is 12.1 Å². The third-order valence-electron chi connectivity index (χ3n) is 3.33. The van der Waals surface area contributed by atoms with Crippen molar-refractivity contribution in [3.63, 3.8) is 0 Å². The van der Waals surface area contributed by atoms with Crippen LogP contribution in [-0.4, -0.2) is 17.1 Å². The zero-order valence-corrected chi connectivity index (χ0v) is 8.37. The smallest absolute Gasteiger partial charge is 0.273 e. The lowest BCUT2D eigenvalue weighted by molar-refractivity contribution is -0.133. The van der Waals surface area contributed by atoms with Gasteiger partial charge in [-0.15, -0.1) is 5.12 Å². The average molecular weight is 220 g/mol. The minimum absolute atomic E-state index is 0.0289. The van der Waals surface area contributed by atoms with E-state index in [0.29, 0.717) is 18.4 Å². The SMILES string of the molecule is O=C1NC(=O)C2(CCc3ccccc32)N1F. The van der Waals surface area contributed by atoms with Gasteiger partial charge in [-0.05, 0) is 24.0 Å². The van der Waals surface area contributed by atoms with Crippen LogP contribution in [0.1, 0.15) is 17.5 Å². The monoisotopic (exact) mass is 220 g/mol. The van der Waals surface area contributed by atoms with Crippen LogP contribution in [0.4, 0.5) is 9.28 Å². The van der Waals surface area contributed by atoms with Crippen LogP contribution in [0.3, 0.4) is 0 Å². The second-order valence-corrected chi connectivity index (χ2v) is 4.06. The van der Waals surface area contributed by atoms with Crippen LogP contribution in [-0.2, 0) is 16.8 Å². The number of urea groups is 1. The number of imide groups is 1. The molecule has 1 aliphatic carbocycles. The van der Waals surface area contributed by atoms with E-state index in [-0.39, 0.29) is 5.12 Å². The maximum atomic E-state index is 13.8. The molecule has 1 aliphatic heterocycles. The predicted molar refractivity (Wildman–Crippen MR) is 52.9 cm³/mol. The largest absolute Gasteiger partial charge is 0.353 e. The van der Waals surface area contributed by atoms with Gasteiger partial charge in [-0.2, -0.15) is 0 Å². The lowest BCUT2D eigenvalue weighted by Gasteiger charge is -2.24. The number of fused-ring (bicyclic) bond motifs is 2. The number of amides is 3. The van der Waals surface area contributed by atoms with Crippen molar-refractivity contribution in [2.24, 2.45) is 0 Å². The van der Waals surface area contributed by atoms with Crippen LogP contribution in [0.2, 0.25) is 0 Å². The lowest BCUT2D eigenvalue weighted by Crippen LogP contribution is -2.40. The Morgan fingerprint density at radius 2 is 2.06 bits per heavy atom. The summed E-state index contributed by atoms with van der Waals surface area (Å²) in [4.78, 5) is 22.9. The number of halogens is 1. The summed E-state index contributed by atoms with van der Waals surface area (Å²) in [6.07, 6.45) is 0.914. The van der Waals surface area contributed by atoms with E-state index in [1.807, 2.05) is 17.4 Å². The van der Waals surface area contributed by atoms with E-state index in [2.05, 4.69) is 0 Å². The second kappa shape index (κ2) is 2.81. The summed E-state index contributed by atoms with van der Waals surface area (Å²) in [5, 5.41) is 2.04. The fourth-order valence-corrected chi connectivity index (χ4v) is 2.54. The Bertz CT molecular complexity index is 503. The maximum absolute atomic E-state index is 13.8. The molecular weight excluding hydrogens is 211 g/mol. The molecule has 1 aromatic rings. The van der Waals surface area contributed by atoms with Gasteiger partial charge in [0.05, 0.1) is 0 Å². The van der Waals surface area contributed by atoms with Gasteiger partial charge in [0.15, 0.2) is 5.54 Å². The number of nitrogens with one attached hydrogen (secondary N) is 1. The van der Waals surface area contributed by atoms with Gasteiger partial charge in [-0.25, -0.2) is 4.79 Å². The first-order valence-electron chi connectivity index (χ1n) is 5.06. The second-order valence-electron chi connectivity index (χ2n) is 4.06. The van der Waals surface area contributed by atoms with Crippen molar-refractivity contribution in [2.45, 2.75) is 18.4 Å². The van der Waals surface area contributed by atoms with Gasteiger partial charge in [-0.1, -0.05) is 28.7 Å². The number of hydrogen-bond acceptors (Lipinski definition) is 2. The van der Waals surface area contributed by atoms with Gasteiger partial charge in [0.25, 0.3) is 5.91 Å². The normalized spacial score (nSPS) is 27.4. The fraction of sp³-hybridized carbons (Fsp3) is 0.273. The standard InChI is InChI=1S/C11H9FN2O2/c12-14-10(16)13-9(15)11(14)6-5-7-3-1-2-4-8(7)11/h1-4H,5-6H2,(H,13,15,16). The number of benzene rings is 1. The quantitative estimate of drug-likeness (QED) is 0.528. The number of hydrogen-bond donors (Lipinski definition) is 1. The zero-order valence-electron chi connectivity index (χ0n) is 8.37. The van der Waals surface area contributed by atoms with Crippen molar-refractivity contribution in [3.8, 4) is 0 Å². The zero-order chi connectivity index (χ0) is 11.3. The van der Waals surface area contributed by atoms with Crippen molar-refractivity contribution >= 4 is 11.9 Å². The molecule has 2 aliphatic rings. The Labute approximate surface area is 91.0 Å². The number of carbonyl (C=O) groups is 2. The number of nitrogens with zero attached hydrogens (tertiary/aromatic N) is 1. The molecule has 1 atom stereocenters. The third-order valence-corrected chi connectivity index (χ3v) is 3.33. The molecule has 1 N–H and O–H groups in total. The minimum Gasteiger partial charge on any atom is -0.273 e. The van der Waals surface area contributed by atoms with E-state index in [9.17, 15) is 14.1 Å². The molecule has 0 bridgehead atoms. The highest BCUT2D eigenvalue weighted by atomic mass is 19.2. The van der Waals surface area contributed by atoms with Crippen molar-refractivity contribution in [1.29, 1.82) is 0 Å². The summed E-state index contributed by atoms with van der Waals surface area (Å²) in [7, 11) is 0.